The minimum absolute atomic E-state index is 0.0351. The number of ketones is 1. The van der Waals surface area contributed by atoms with E-state index in [2.05, 4.69) is 17.4 Å². The molecule has 0 saturated heterocycles. The van der Waals surface area contributed by atoms with Crippen LogP contribution in [-0.4, -0.2) is 32.1 Å². The van der Waals surface area contributed by atoms with Gasteiger partial charge in [-0.15, -0.1) is 0 Å². The van der Waals surface area contributed by atoms with E-state index in [1.807, 2.05) is 43.3 Å². The molecule has 1 N–H and O–H groups in total. The van der Waals surface area contributed by atoms with Crippen molar-refractivity contribution in [2.75, 3.05) is 14.2 Å². The molecule has 5 rings (SSSR count). The van der Waals surface area contributed by atoms with Gasteiger partial charge in [0.1, 0.15) is 17.6 Å². The van der Waals surface area contributed by atoms with Crippen molar-refractivity contribution in [3.05, 3.63) is 82.2 Å². The van der Waals surface area contributed by atoms with E-state index >= 15 is 0 Å². The second kappa shape index (κ2) is 10.8. The zero-order valence-electron chi connectivity index (χ0n) is 21.8. The maximum atomic E-state index is 13.9. The number of esters is 1. The van der Waals surface area contributed by atoms with E-state index in [0.717, 1.165) is 48.2 Å². The van der Waals surface area contributed by atoms with E-state index in [4.69, 9.17) is 14.2 Å². The topological polar surface area (TPSA) is 73.9 Å². The highest BCUT2D eigenvalue weighted by Crippen LogP contribution is 2.48. The fourth-order valence-electron chi connectivity index (χ4n) is 6.04. The number of rotatable bonds is 6. The lowest BCUT2D eigenvalue weighted by molar-refractivity contribution is -0.146. The summed E-state index contributed by atoms with van der Waals surface area (Å²) in [7, 11) is 3.21. The Morgan fingerprint density at radius 3 is 2.41 bits per heavy atom. The van der Waals surface area contributed by atoms with Gasteiger partial charge in [-0.1, -0.05) is 36.8 Å². The van der Waals surface area contributed by atoms with Gasteiger partial charge in [-0.25, -0.2) is 4.79 Å². The Morgan fingerprint density at radius 2 is 1.70 bits per heavy atom. The summed E-state index contributed by atoms with van der Waals surface area (Å²) in [6.45, 7) is 1.90. The molecule has 0 spiro atoms. The van der Waals surface area contributed by atoms with Crippen molar-refractivity contribution in [1.29, 1.82) is 0 Å². The molecule has 2 aromatic carbocycles. The van der Waals surface area contributed by atoms with Gasteiger partial charge >= 0.3 is 5.97 Å². The first-order valence-electron chi connectivity index (χ1n) is 13.2. The summed E-state index contributed by atoms with van der Waals surface area (Å²) in [5.41, 5.74) is 4.56. The number of benzene rings is 2. The van der Waals surface area contributed by atoms with Crippen LogP contribution >= 0.6 is 0 Å². The van der Waals surface area contributed by atoms with Gasteiger partial charge in [0.05, 0.1) is 25.7 Å². The smallest absolute Gasteiger partial charge is 0.337 e. The summed E-state index contributed by atoms with van der Waals surface area (Å²) < 4.78 is 17.3. The highest BCUT2D eigenvalue weighted by Gasteiger charge is 2.43. The second-order valence-corrected chi connectivity index (χ2v) is 10.2. The molecule has 2 atom stereocenters. The van der Waals surface area contributed by atoms with Gasteiger partial charge in [0.15, 0.2) is 5.78 Å². The molecule has 0 radical (unpaired) electrons. The predicted octanol–water partition coefficient (Wildman–Crippen LogP) is 5.94. The van der Waals surface area contributed by atoms with Crippen LogP contribution in [0.15, 0.2) is 71.1 Å². The van der Waals surface area contributed by atoms with Crippen molar-refractivity contribution in [1.82, 2.24) is 5.32 Å². The minimum Gasteiger partial charge on any atom is -0.497 e. The molecule has 2 aliphatic carbocycles. The van der Waals surface area contributed by atoms with Crippen LogP contribution in [0.25, 0.3) is 0 Å². The molecule has 1 saturated carbocycles. The van der Waals surface area contributed by atoms with Gasteiger partial charge < -0.3 is 19.5 Å². The van der Waals surface area contributed by atoms with Crippen LogP contribution in [0, 0.1) is 0 Å². The summed E-state index contributed by atoms with van der Waals surface area (Å²) in [4.78, 5) is 27.6. The van der Waals surface area contributed by atoms with Crippen LogP contribution in [0.5, 0.6) is 11.5 Å². The van der Waals surface area contributed by atoms with Crippen LogP contribution in [0.4, 0.5) is 0 Å². The SMILES string of the molecule is COc1ccc(OC)c(C2C(C(=O)OC3CCCCC3)=C(C)NC3=C2C(=O)CC(c2ccccc2)C3)c1. The van der Waals surface area contributed by atoms with Gasteiger partial charge in [0.2, 0.25) is 0 Å². The summed E-state index contributed by atoms with van der Waals surface area (Å²) in [5.74, 6) is 0.398. The van der Waals surface area contributed by atoms with E-state index in [-0.39, 0.29) is 23.8 Å². The summed E-state index contributed by atoms with van der Waals surface area (Å²) in [6, 6.07) is 15.7. The number of dihydropyridines is 1. The molecule has 1 fully saturated rings. The lowest BCUT2D eigenvalue weighted by atomic mass is 9.71. The molecule has 1 aliphatic heterocycles. The molecule has 194 valence electrons. The van der Waals surface area contributed by atoms with Crippen molar-refractivity contribution in [3.8, 4) is 11.5 Å². The number of methoxy groups -OCH3 is 2. The van der Waals surface area contributed by atoms with E-state index in [9.17, 15) is 9.59 Å². The van der Waals surface area contributed by atoms with Crippen LogP contribution < -0.4 is 14.8 Å². The molecular weight excluding hydrogens is 466 g/mol. The standard InChI is InChI=1S/C31H35NO5/c1-19-28(31(34)37-22-12-8-5-9-13-22)29(24-18-23(35-2)14-15-27(24)36-3)30-25(32-19)16-21(17-26(30)33)20-10-6-4-7-11-20/h4,6-7,10-11,14-15,18,21-22,29,32H,5,8-9,12-13,16-17H2,1-3H3. The Hall–Kier alpha value is -3.54. The molecule has 6 nitrogen and oxygen atoms in total. The second-order valence-electron chi connectivity index (χ2n) is 10.2. The van der Waals surface area contributed by atoms with Crippen LogP contribution in [0.3, 0.4) is 0 Å². The fraction of sp³-hybridized carbons (Fsp3) is 0.419. The maximum Gasteiger partial charge on any atom is 0.337 e. The number of allylic oxidation sites excluding steroid dienone is 3. The van der Waals surface area contributed by atoms with E-state index in [1.54, 1.807) is 14.2 Å². The molecule has 2 unspecified atom stereocenters. The molecule has 3 aliphatic rings. The highest BCUT2D eigenvalue weighted by molar-refractivity contribution is 6.04. The Labute approximate surface area is 218 Å². The Morgan fingerprint density at radius 1 is 0.946 bits per heavy atom. The molecule has 37 heavy (non-hydrogen) atoms. The molecule has 0 bridgehead atoms. The molecular formula is C31H35NO5. The Bertz CT molecular complexity index is 1240. The van der Waals surface area contributed by atoms with E-state index in [0.29, 0.717) is 35.5 Å². The minimum atomic E-state index is -0.596. The average molecular weight is 502 g/mol. The fourth-order valence-corrected chi connectivity index (χ4v) is 6.04. The number of Topliss-reactive ketones (excluding diaryl/α,β-unsaturated/α-hetero) is 1. The number of ether oxygens (including phenoxy) is 3. The lowest BCUT2D eigenvalue weighted by Gasteiger charge is -2.37. The number of nitrogens with one attached hydrogen (secondary N) is 1. The zero-order chi connectivity index (χ0) is 25.9. The molecule has 6 heteroatoms. The van der Waals surface area contributed by atoms with Crippen LogP contribution in [-0.2, 0) is 14.3 Å². The highest BCUT2D eigenvalue weighted by atomic mass is 16.5. The summed E-state index contributed by atoms with van der Waals surface area (Å²) in [6.07, 6.45) is 6.05. The molecule has 0 amide bonds. The third kappa shape index (κ3) is 5.02. The third-order valence-corrected chi connectivity index (χ3v) is 7.89. The van der Waals surface area contributed by atoms with Crippen molar-refractivity contribution in [2.45, 2.75) is 69.8 Å². The summed E-state index contributed by atoms with van der Waals surface area (Å²) in [5, 5.41) is 3.45. The molecule has 0 aromatic heterocycles. The van der Waals surface area contributed by atoms with Gasteiger partial charge in [-0.3, -0.25) is 4.79 Å². The predicted molar refractivity (Wildman–Crippen MR) is 142 cm³/mol. The lowest BCUT2D eigenvalue weighted by Crippen LogP contribution is -2.37. The van der Waals surface area contributed by atoms with E-state index in [1.165, 1.54) is 6.42 Å². The normalized spacial score (nSPS) is 22.3. The maximum absolute atomic E-state index is 13.9. The van der Waals surface area contributed by atoms with Crippen molar-refractivity contribution < 1.29 is 23.8 Å². The summed E-state index contributed by atoms with van der Waals surface area (Å²) >= 11 is 0. The van der Waals surface area contributed by atoms with Crippen LogP contribution in [0.1, 0.15) is 74.8 Å². The van der Waals surface area contributed by atoms with Crippen molar-refractivity contribution >= 4 is 11.8 Å². The van der Waals surface area contributed by atoms with Crippen molar-refractivity contribution in [3.63, 3.8) is 0 Å². The van der Waals surface area contributed by atoms with Gasteiger partial charge in [-0.2, -0.15) is 0 Å². The molecule has 1 heterocycles. The zero-order valence-corrected chi connectivity index (χ0v) is 21.8. The first-order valence-corrected chi connectivity index (χ1v) is 13.2. The van der Waals surface area contributed by atoms with E-state index < -0.39 is 5.92 Å². The third-order valence-electron chi connectivity index (χ3n) is 7.89. The monoisotopic (exact) mass is 501 g/mol. The number of hydrogen-bond acceptors (Lipinski definition) is 6. The first-order chi connectivity index (χ1) is 18.0. The Balaban J connectivity index is 1.59. The number of carbonyl (C=O) groups is 2. The van der Waals surface area contributed by atoms with Gasteiger partial charge in [-0.05, 0) is 68.7 Å². The average Bonchev–Trinajstić information content (AvgIpc) is 2.92. The van der Waals surface area contributed by atoms with Gasteiger partial charge in [0, 0.05) is 29.0 Å². The largest absolute Gasteiger partial charge is 0.497 e. The number of carbonyl (C=O) groups excluding carboxylic acids is 2. The Kier molecular flexibility index (Phi) is 7.36. The number of hydrogen-bond donors (Lipinski definition) is 1. The first kappa shape index (κ1) is 25.1. The molecule has 2 aromatic rings. The van der Waals surface area contributed by atoms with Crippen LogP contribution in [0.2, 0.25) is 0 Å². The van der Waals surface area contributed by atoms with Crippen molar-refractivity contribution in [2.24, 2.45) is 0 Å². The van der Waals surface area contributed by atoms with Gasteiger partial charge in [0.25, 0.3) is 0 Å². The quantitative estimate of drug-likeness (QED) is 0.494.